The number of nitrogens with zero attached hydrogens (tertiary/aromatic N) is 4. The average molecular weight is 346 g/mol. The molecule has 2 heterocycles. The van der Waals surface area contributed by atoms with E-state index in [1.807, 2.05) is 11.9 Å². The predicted octanol–water partition coefficient (Wildman–Crippen LogP) is 1.90. The summed E-state index contributed by atoms with van der Waals surface area (Å²) in [6, 6.07) is 6.84. The normalized spacial score (nSPS) is 13.2. The number of aromatic nitrogens is 2. The van der Waals surface area contributed by atoms with Crippen molar-refractivity contribution >= 4 is 34.9 Å². The first kappa shape index (κ1) is 16.2. The highest BCUT2D eigenvalue weighted by atomic mass is 35.5. The Morgan fingerprint density at radius 3 is 2.38 bits per heavy atom. The first-order valence-corrected chi connectivity index (χ1v) is 7.77. The van der Waals surface area contributed by atoms with Gasteiger partial charge in [0.15, 0.2) is 11.0 Å². The van der Waals surface area contributed by atoms with Crippen LogP contribution in [0.5, 0.6) is 0 Å². The molecule has 1 aromatic heterocycles. The number of benzene rings is 1. The summed E-state index contributed by atoms with van der Waals surface area (Å²) in [4.78, 5) is 35.9. The van der Waals surface area contributed by atoms with Gasteiger partial charge in [-0.1, -0.05) is 23.7 Å². The van der Waals surface area contributed by atoms with Crippen LogP contribution in [0.25, 0.3) is 0 Å². The molecule has 1 aliphatic heterocycles. The van der Waals surface area contributed by atoms with E-state index in [0.717, 1.165) is 0 Å². The van der Waals surface area contributed by atoms with Gasteiger partial charge < -0.3 is 10.2 Å². The number of imide groups is 1. The monoisotopic (exact) mass is 345 g/mol. The van der Waals surface area contributed by atoms with Gasteiger partial charge in [0.25, 0.3) is 11.8 Å². The Bertz CT molecular complexity index is 776. The number of anilines is 2. The van der Waals surface area contributed by atoms with Crippen molar-refractivity contribution in [2.45, 2.75) is 0 Å². The van der Waals surface area contributed by atoms with Gasteiger partial charge in [-0.15, -0.1) is 0 Å². The number of likely N-dealkylation sites (N-methyl/N-ethyl adjacent to an activating group) is 1. The van der Waals surface area contributed by atoms with Crippen molar-refractivity contribution < 1.29 is 9.59 Å². The van der Waals surface area contributed by atoms with E-state index in [4.69, 9.17) is 11.6 Å². The van der Waals surface area contributed by atoms with Gasteiger partial charge in [0.05, 0.1) is 11.1 Å². The number of amides is 2. The third kappa shape index (κ3) is 2.67. The van der Waals surface area contributed by atoms with E-state index in [2.05, 4.69) is 15.3 Å². The van der Waals surface area contributed by atoms with Crippen molar-refractivity contribution in [2.75, 3.05) is 37.4 Å². The third-order valence-electron chi connectivity index (χ3n) is 3.93. The van der Waals surface area contributed by atoms with Crippen molar-refractivity contribution in [1.82, 2.24) is 14.9 Å². The second kappa shape index (κ2) is 6.45. The van der Waals surface area contributed by atoms with Crippen LogP contribution in [0.2, 0.25) is 5.15 Å². The maximum absolute atomic E-state index is 12.4. The van der Waals surface area contributed by atoms with Crippen LogP contribution in [0.15, 0.2) is 30.6 Å². The van der Waals surface area contributed by atoms with Crippen LogP contribution in [0.4, 0.5) is 11.5 Å². The summed E-state index contributed by atoms with van der Waals surface area (Å²) in [7, 11) is 3.55. The van der Waals surface area contributed by atoms with Crippen LogP contribution in [-0.4, -0.2) is 53.9 Å². The molecule has 0 fully saturated rings. The molecule has 0 aliphatic carbocycles. The summed E-state index contributed by atoms with van der Waals surface area (Å²) in [5.74, 6) is 0.0752. The number of hydrogen-bond acceptors (Lipinski definition) is 6. The van der Waals surface area contributed by atoms with Crippen LogP contribution < -0.4 is 10.2 Å². The van der Waals surface area contributed by atoms with Crippen molar-refractivity contribution in [3.05, 3.63) is 46.9 Å². The highest BCUT2D eigenvalue weighted by Crippen LogP contribution is 2.28. The molecule has 0 spiro atoms. The molecule has 0 radical (unpaired) electrons. The first-order valence-electron chi connectivity index (χ1n) is 7.39. The van der Waals surface area contributed by atoms with Gasteiger partial charge in [0, 0.05) is 27.2 Å². The molecule has 0 saturated carbocycles. The predicted molar refractivity (Wildman–Crippen MR) is 91.7 cm³/mol. The molecular weight excluding hydrogens is 330 g/mol. The molecule has 1 aliphatic rings. The number of fused-ring (bicyclic) bond motifs is 1. The van der Waals surface area contributed by atoms with E-state index in [9.17, 15) is 9.59 Å². The zero-order valence-electron chi connectivity index (χ0n) is 13.3. The molecule has 2 aromatic rings. The lowest BCUT2D eigenvalue weighted by atomic mass is 10.1. The van der Waals surface area contributed by atoms with Crippen LogP contribution in [0.1, 0.15) is 20.7 Å². The summed E-state index contributed by atoms with van der Waals surface area (Å²) in [6.07, 6.45) is 1.37. The highest BCUT2D eigenvalue weighted by molar-refractivity contribution is 6.32. The molecule has 3 rings (SSSR count). The minimum Gasteiger partial charge on any atom is -0.383 e. The lowest BCUT2D eigenvalue weighted by Gasteiger charge is -2.23. The molecule has 0 saturated heterocycles. The smallest absolute Gasteiger partial charge is 0.261 e. The average Bonchev–Trinajstić information content (AvgIpc) is 2.84. The van der Waals surface area contributed by atoms with Gasteiger partial charge in [-0.3, -0.25) is 14.5 Å². The number of nitrogens with one attached hydrogen (secondary N) is 1. The fourth-order valence-corrected chi connectivity index (χ4v) is 2.88. The maximum atomic E-state index is 12.4. The Morgan fingerprint density at radius 2 is 1.79 bits per heavy atom. The van der Waals surface area contributed by atoms with E-state index in [1.54, 1.807) is 31.3 Å². The van der Waals surface area contributed by atoms with E-state index in [-0.39, 0.29) is 18.4 Å². The summed E-state index contributed by atoms with van der Waals surface area (Å²) in [5, 5.41) is 3.27. The number of carbonyl (C=O) groups excluding carboxylic acids is 2. The topological polar surface area (TPSA) is 78.4 Å². The molecule has 8 heteroatoms. The van der Waals surface area contributed by atoms with Crippen LogP contribution in [0.3, 0.4) is 0 Å². The summed E-state index contributed by atoms with van der Waals surface area (Å²) < 4.78 is 0. The molecule has 24 heavy (non-hydrogen) atoms. The van der Waals surface area contributed by atoms with E-state index in [1.165, 1.54) is 11.2 Å². The van der Waals surface area contributed by atoms with Crippen molar-refractivity contribution in [2.24, 2.45) is 0 Å². The first-order chi connectivity index (χ1) is 11.5. The van der Waals surface area contributed by atoms with E-state index >= 15 is 0 Å². The Kier molecular flexibility index (Phi) is 4.35. The molecule has 1 aromatic carbocycles. The fraction of sp³-hybridized carbons (Fsp3) is 0.250. The molecule has 0 bridgehead atoms. The molecule has 2 amide bonds. The molecule has 124 valence electrons. The minimum absolute atomic E-state index is 0.258. The van der Waals surface area contributed by atoms with Crippen LogP contribution in [-0.2, 0) is 0 Å². The quantitative estimate of drug-likeness (QED) is 0.658. The summed E-state index contributed by atoms with van der Waals surface area (Å²) in [5.41, 5.74) is 1.50. The third-order valence-corrected chi connectivity index (χ3v) is 4.22. The van der Waals surface area contributed by atoms with E-state index in [0.29, 0.717) is 34.3 Å². The molecule has 1 N–H and O–H groups in total. The van der Waals surface area contributed by atoms with Crippen LogP contribution >= 0.6 is 11.6 Å². The lowest BCUT2D eigenvalue weighted by molar-refractivity contribution is 0.0658. The maximum Gasteiger partial charge on any atom is 0.261 e. The number of rotatable bonds is 5. The fourth-order valence-electron chi connectivity index (χ4n) is 2.66. The number of hydrogen-bond donors (Lipinski definition) is 1. The van der Waals surface area contributed by atoms with Gasteiger partial charge in [-0.25, -0.2) is 9.97 Å². The van der Waals surface area contributed by atoms with Crippen LogP contribution in [0, 0.1) is 0 Å². The molecule has 0 atom stereocenters. The largest absolute Gasteiger partial charge is 0.383 e. The summed E-state index contributed by atoms with van der Waals surface area (Å²) >= 11 is 6.05. The summed E-state index contributed by atoms with van der Waals surface area (Å²) in [6.45, 7) is 0.682. The Balaban J connectivity index is 1.74. The molecule has 0 unspecified atom stereocenters. The zero-order valence-corrected chi connectivity index (χ0v) is 14.0. The highest BCUT2D eigenvalue weighted by Gasteiger charge is 2.34. The van der Waals surface area contributed by atoms with Gasteiger partial charge >= 0.3 is 0 Å². The van der Waals surface area contributed by atoms with Crippen molar-refractivity contribution in [1.29, 1.82) is 0 Å². The second-order valence-corrected chi connectivity index (χ2v) is 5.70. The van der Waals surface area contributed by atoms with E-state index < -0.39 is 0 Å². The Labute approximate surface area is 144 Å². The zero-order chi connectivity index (χ0) is 17.3. The Hall–Kier alpha value is -2.67. The van der Waals surface area contributed by atoms with Crippen molar-refractivity contribution in [3.63, 3.8) is 0 Å². The number of carbonyl (C=O) groups is 2. The van der Waals surface area contributed by atoms with Crippen molar-refractivity contribution in [3.8, 4) is 0 Å². The van der Waals surface area contributed by atoms with Gasteiger partial charge in [-0.05, 0) is 12.1 Å². The number of halogens is 1. The minimum atomic E-state index is -0.265. The second-order valence-electron chi connectivity index (χ2n) is 5.34. The van der Waals surface area contributed by atoms with Gasteiger partial charge in [0.2, 0.25) is 0 Å². The van der Waals surface area contributed by atoms with Gasteiger partial charge in [-0.2, -0.15) is 0 Å². The molecule has 7 nitrogen and oxygen atoms in total. The SMILES string of the molecule is CNc1c(Cl)ncnc1N(C)CCN1C(=O)c2ccccc2C1=O. The molecular formula is C16H16ClN5O2. The lowest BCUT2D eigenvalue weighted by Crippen LogP contribution is -2.37. The standard InChI is InChI=1S/C16H16ClN5O2/c1-18-12-13(17)19-9-20-14(12)21(2)7-8-22-15(23)10-5-3-4-6-11(10)16(22)24/h3-6,9,18H,7-8H2,1-2H3. The van der Waals surface area contributed by atoms with Gasteiger partial charge in [0.1, 0.15) is 12.0 Å². The Morgan fingerprint density at radius 1 is 1.17 bits per heavy atom.